The van der Waals surface area contributed by atoms with Crippen LogP contribution in [0.4, 0.5) is 0 Å². The molecule has 1 aliphatic carbocycles. The van der Waals surface area contributed by atoms with Gasteiger partial charge >= 0.3 is 0 Å². The number of benzene rings is 1. The van der Waals surface area contributed by atoms with E-state index in [9.17, 15) is 0 Å². The zero-order chi connectivity index (χ0) is 15.7. The number of hydrogen-bond donors (Lipinski definition) is 0. The summed E-state index contributed by atoms with van der Waals surface area (Å²) in [6.45, 7) is 9.17. The van der Waals surface area contributed by atoms with Crippen LogP contribution in [0.15, 0.2) is 18.2 Å². The fourth-order valence-corrected chi connectivity index (χ4v) is 4.32. The molecule has 0 unspecified atom stereocenters. The maximum absolute atomic E-state index is 6.43. The van der Waals surface area contributed by atoms with Crippen LogP contribution in [0.25, 0.3) is 0 Å². The van der Waals surface area contributed by atoms with Crippen molar-refractivity contribution in [1.29, 1.82) is 0 Å². The largest absolute Gasteiger partial charge is 0.126 e. The third-order valence-corrected chi connectivity index (χ3v) is 6.25. The highest BCUT2D eigenvalue weighted by Gasteiger charge is 2.38. The zero-order valence-corrected chi connectivity index (χ0v) is 15.3. The molecule has 0 amide bonds. The van der Waals surface area contributed by atoms with Crippen molar-refractivity contribution in [3.8, 4) is 0 Å². The maximum Gasteiger partial charge on any atom is 0.0440 e. The molecule has 1 aromatic rings. The van der Waals surface area contributed by atoms with Crippen molar-refractivity contribution in [3.05, 3.63) is 34.3 Å². The van der Waals surface area contributed by atoms with E-state index in [0.717, 1.165) is 23.2 Å². The molecule has 1 aliphatic rings. The summed E-state index contributed by atoms with van der Waals surface area (Å²) in [6.07, 6.45) is 6.05. The first-order valence-corrected chi connectivity index (χ1v) is 8.98. The summed E-state index contributed by atoms with van der Waals surface area (Å²) in [7, 11) is 0. The van der Waals surface area contributed by atoms with Crippen molar-refractivity contribution >= 4 is 23.2 Å². The van der Waals surface area contributed by atoms with E-state index in [1.54, 1.807) is 0 Å². The van der Waals surface area contributed by atoms with Gasteiger partial charge in [-0.05, 0) is 73.0 Å². The average molecular weight is 327 g/mol. The molecule has 1 fully saturated rings. The third kappa shape index (κ3) is 4.17. The first kappa shape index (κ1) is 17.2. The highest BCUT2D eigenvalue weighted by atomic mass is 35.5. The minimum atomic E-state index is 0.238. The molecule has 1 saturated carbocycles. The second-order valence-electron chi connectivity index (χ2n) is 8.05. The molecule has 1 aromatic carbocycles. The molecule has 0 aliphatic heterocycles. The van der Waals surface area contributed by atoms with Gasteiger partial charge in [-0.25, -0.2) is 0 Å². The molecule has 0 heterocycles. The Bertz CT molecular complexity index is 477. The van der Waals surface area contributed by atoms with E-state index < -0.39 is 0 Å². The topological polar surface area (TPSA) is 0 Å². The third-order valence-electron chi connectivity index (χ3n) is 5.33. The van der Waals surface area contributed by atoms with Gasteiger partial charge in [-0.2, -0.15) is 0 Å². The minimum Gasteiger partial charge on any atom is -0.126 e. The Morgan fingerprint density at radius 1 is 1.19 bits per heavy atom. The quantitative estimate of drug-likeness (QED) is 0.545. The molecule has 0 N–H and O–H groups in total. The molecule has 118 valence electrons. The molecule has 0 saturated heterocycles. The van der Waals surface area contributed by atoms with Crippen LogP contribution in [0, 0.1) is 23.7 Å². The Kier molecular flexibility index (Phi) is 5.31. The second kappa shape index (κ2) is 6.50. The Labute approximate surface area is 140 Å². The van der Waals surface area contributed by atoms with Crippen LogP contribution in [0.5, 0.6) is 0 Å². The molecular weight excluding hydrogens is 299 g/mol. The van der Waals surface area contributed by atoms with E-state index in [0.29, 0.717) is 5.41 Å². The van der Waals surface area contributed by atoms with Crippen LogP contribution in [-0.2, 0) is 6.42 Å². The van der Waals surface area contributed by atoms with Gasteiger partial charge in [-0.1, -0.05) is 44.5 Å². The predicted octanol–water partition coefficient (Wildman–Crippen LogP) is 6.65. The summed E-state index contributed by atoms with van der Waals surface area (Å²) in [6, 6.07) is 6.41. The lowest BCUT2D eigenvalue weighted by atomic mass is 9.63. The van der Waals surface area contributed by atoms with Crippen molar-refractivity contribution in [2.45, 2.75) is 59.8 Å². The molecule has 21 heavy (non-hydrogen) atoms. The van der Waals surface area contributed by atoms with Gasteiger partial charge < -0.3 is 0 Å². The van der Waals surface area contributed by atoms with Gasteiger partial charge in [-0.3, -0.25) is 0 Å². The number of alkyl halides is 1. The highest BCUT2D eigenvalue weighted by Crippen LogP contribution is 2.47. The summed E-state index contributed by atoms with van der Waals surface area (Å²) in [5, 5.41) is 0.900. The van der Waals surface area contributed by atoms with E-state index in [2.05, 4.69) is 45.9 Å². The second-order valence-corrected chi connectivity index (χ2v) is 8.72. The van der Waals surface area contributed by atoms with E-state index in [1.807, 2.05) is 0 Å². The van der Waals surface area contributed by atoms with E-state index in [1.165, 1.54) is 36.8 Å². The molecule has 2 heteroatoms. The fraction of sp³-hybridized carbons (Fsp3) is 0.684. The van der Waals surface area contributed by atoms with Gasteiger partial charge in [0.25, 0.3) is 0 Å². The summed E-state index contributed by atoms with van der Waals surface area (Å²) in [4.78, 5) is 0. The molecule has 0 nitrogen and oxygen atoms in total. The normalized spacial score (nSPS) is 26.9. The number of aryl methyl sites for hydroxylation is 1. The summed E-state index contributed by atoms with van der Waals surface area (Å²) in [5.41, 5.74) is 3.14. The Morgan fingerprint density at radius 3 is 2.29 bits per heavy atom. The van der Waals surface area contributed by atoms with Crippen molar-refractivity contribution < 1.29 is 0 Å². The number of halogens is 2. The maximum atomic E-state index is 6.43. The van der Waals surface area contributed by atoms with Crippen molar-refractivity contribution in [3.63, 3.8) is 0 Å². The Balaban J connectivity index is 2.10. The molecule has 0 radical (unpaired) electrons. The van der Waals surface area contributed by atoms with Crippen molar-refractivity contribution in [2.75, 3.05) is 5.88 Å². The SMILES string of the molecule is Cc1ccc(CC2(CCl)CCC(C(C)(C)C)CC2)c(Cl)c1. The lowest BCUT2D eigenvalue weighted by molar-refractivity contribution is 0.102. The molecule has 0 aromatic heterocycles. The molecule has 0 spiro atoms. The fourth-order valence-electron chi connectivity index (χ4n) is 3.65. The monoisotopic (exact) mass is 326 g/mol. The number of rotatable bonds is 3. The predicted molar refractivity (Wildman–Crippen MR) is 94.5 cm³/mol. The van der Waals surface area contributed by atoms with Gasteiger partial charge in [0.1, 0.15) is 0 Å². The van der Waals surface area contributed by atoms with Gasteiger partial charge in [0.2, 0.25) is 0 Å². The molecule has 0 bridgehead atoms. The Morgan fingerprint density at radius 2 is 1.81 bits per heavy atom. The lowest BCUT2D eigenvalue weighted by Gasteiger charge is -2.43. The highest BCUT2D eigenvalue weighted by molar-refractivity contribution is 6.31. The summed E-state index contributed by atoms with van der Waals surface area (Å²) >= 11 is 12.8. The van der Waals surface area contributed by atoms with Crippen LogP contribution < -0.4 is 0 Å². The average Bonchev–Trinajstić information content (AvgIpc) is 2.41. The van der Waals surface area contributed by atoms with Gasteiger partial charge in [0.05, 0.1) is 0 Å². The van der Waals surface area contributed by atoms with Gasteiger partial charge in [-0.15, -0.1) is 11.6 Å². The van der Waals surface area contributed by atoms with E-state index in [4.69, 9.17) is 23.2 Å². The van der Waals surface area contributed by atoms with Crippen LogP contribution in [0.1, 0.15) is 57.6 Å². The zero-order valence-electron chi connectivity index (χ0n) is 13.8. The standard InChI is InChI=1S/C19H28Cl2/c1-14-5-6-15(17(21)11-14)12-19(13-20)9-7-16(8-10-19)18(2,3)4/h5-6,11,16H,7-10,12-13H2,1-4H3. The summed E-state index contributed by atoms with van der Waals surface area (Å²) in [5.74, 6) is 1.57. The Hall–Kier alpha value is -0.200. The molecular formula is C19H28Cl2. The minimum absolute atomic E-state index is 0.238. The van der Waals surface area contributed by atoms with E-state index >= 15 is 0 Å². The van der Waals surface area contributed by atoms with Crippen LogP contribution in [0.2, 0.25) is 5.02 Å². The van der Waals surface area contributed by atoms with Crippen LogP contribution >= 0.6 is 23.2 Å². The van der Waals surface area contributed by atoms with E-state index in [-0.39, 0.29) is 5.41 Å². The van der Waals surface area contributed by atoms with Gasteiger partial charge in [0, 0.05) is 10.9 Å². The first-order valence-electron chi connectivity index (χ1n) is 8.07. The van der Waals surface area contributed by atoms with Crippen LogP contribution in [-0.4, -0.2) is 5.88 Å². The smallest absolute Gasteiger partial charge is 0.0440 e. The molecule has 0 atom stereocenters. The first-order chi connectivity index (χ1) is 9.76. The lowest BCUT2D eigenvalue weighted by Crippen LogP contribution is -2.35. The van der Waals surface area contributed by atoms with Crippen molar-refractivity contribution in [1.82, 2.24) is 0 Å². The molecule has 2 rings (SSSR count). The van der Waals surface area contributed by atoms with Crippen LogP contribution in [0.3, 0.4) is 0 Å². The van der Waals surface area contributed by atoms with Gasteiger partial charge in [0.15, 0.2) is 0 Å². The number of hydrogen-bond acceptors (Lipinski definition) is 0. The van der Waals surface area contributed by atoms with Crippen molar-refractivity contribution in [2.24, 2.45) is 16.7 Å². The summed E-state index contributed by atoms with van der Waals surface area (Å²) < 4.78 is 0.